The molecule has 1 fully saturated rings. The summed E-state index contributed by atoms with van der Waals surface area (Å²) in [6.45, 7) is 3.43. The van der Waals surface area contributed by atoms with Gasteiger partial charge in [-0.3, -0.25) is 14.8 Å². The van der Waals surface area contributed by atoms with Gasteiger partial charge in [-0.1, -0.05) is 0 Å². The van der Waals surface area contributed by atoms with Gasteiger partial charge in [-0.2, -0.15) is 0 Å². The summed E-state index contributed by atoms with van der Waals surface area (Å²) in [5.41, 5.74) is 2.46. The molecule has 1 amide bonds. The number of likely N-dealkylation sites (tertiary alicyclic amines) is 1. The van der Waals surface area contributed by atoms with Crippen LogP contribution in [0.2, 0.25) is 0 Å². The van der Waals surface area contributed by atoms with Gasteiger partial charge in [-0.15, -0.1) is 0 Å². The number of rotatable bonds is 3. The van der Waals surface area contributed by atoms with Crippen molar-refractivity contribution >= 4 is 5.91 Å². The number of aromatic nitrogens is 5. The van der Waals surface area contributed by atoms with Gasteiger partial charge in [-0.25, -0.2) is 9.97 Å². The fourth-order valence-corrected chi connectivity index (χ4v) is 3.54. The van der Waals surface area contributed by atoms with Crippen LogP contribution < -0.4 is 0 Å². The lowest BCUT2D eigenvalue weighted by molar-refractivity contribution is 0.0672. The maximum Gasteiger partial charge on any atom is 0.274 e. The number of carbonyl (C=O) groups excluding carboxylic acids is 1. The molecule has 1 unspecified atom stereocenters. The first kappa shape index (κ1) is 16.4. The first-order valence-corrected chi connectivity index (χ1v) is 8.73. The molecule has 0 radical (unpaired) electrons. The summed E-state index contributed by atoms with van der Waals surface area (Å²) in [6, 6.07) is 4.10. The fraction of sp³-hybridized carbons (Fsp3) is 0.316. The Labute approximate surface area is 151 Å². The monoisotopic (exact) mass is 348 g/mol. The standard InChI is InChI=1S/C19H20N6O/c1-14-10-23-18(15-4-2-6-20-11-15)25(14)16-5-3-9-24(13-16)19(26)17-12-21-7-8-22-17/h2,4,6-8,10-12,16H,3,5,9,13H2,1H3. The van der Waals surface area contributed by atoms with E-state index in [0.717, 1.165) is 36.5 Å². The summed E-state index contributed by atoms with van der Waals surface area (Å²) in [5, 5.41) is 0. The normalized spacial score (nSPS) is 17.3. The van der Waals surface area contributed by atoms with E-state index in [2.05, 4.69) is 31.4 Å². The van der Waals surface area contributed by atoms with Crippen molar-refractivity contribution in [2.45, 2.75) is 25.8 Å². The highest BCUT2D eigenvalue weighted by molar-refractivity contribution is 5.92. The van der Waals surface area contributed by atoms with Gasteiger partial charge in [0.1, 0.15) is 11.5 Å². The molecule has 0 aromatic carbocycles. The minimum Gasteiger partial charge on any atom is -0.335 e. The zero-order valence-electron chi connectivity index (χ0n) is 14.6. The molecule has 4 heterocycles. The third-order valence-corrected chi connectivity index (χ3v) is 4.73. The number of hydrogen-bond donors (Lipinski definition) is 0. The van der Waals surface area contributed by atoms with E-state index in [4.69, 9.17) is 0 Å². The molecule has 132 valence electrons. The summed E-state index contributed by atoms with van der Waals surface area (Å²) < 4.78 is 2.23. The van der Waals surface area contributed by atoms with Crippen molar-refractivity contribution in [1.82, 2.24) is 29.4 Å². The van der Waals surface area contributed by atoms with Crippen LogP contribution in [0.4, 0.5) is 0 Å². The topological polar surface area (TPSA) is 76.8 Å². The Balaban J connectivity index is 1.61. The lowest BCUT2D eigenvalue weighted by Gasteiger charge is -2.34. The van der Waals surface area contributed by atoms with Gasteiger partial charge in [0, 0.05) is 55.3 Å². The molecule has 1 atom stereocenters. The highest BCUT2D eigenvalue weighted by atomic mass is 16.2. The number of nitrogens with zero attached hydrogens (tertiary/aromatic N) is 6. The third-order valence-electron chi connectivity index (χ3n) is 4.73. The molecular weight excluding hydrogens is 328 g/mol. The van der Waals surface area contributed by atoms with E-state index in [1.54, 1.807) is 18.6 Å². The maximum atomic E-state index is 12.7. The van der Waals surface area contributed by atoms with Crippen molar-refractivity contribution in [3.63, 3.8) is 0 Å². The number of pyridine rings is 1. The first-order chi connectivity index (χ1) is 12.7. The summed E-state index contributed by atoms with van der Waals surface area (Å²) in [5.74, 6) is 0.831. The van der Waals surface area contributed by atoms with E-state index in [9.17, 15) is 4.79 Å². The summed E-state index contributed by atoms with van der Waals surface area (Å²) in [7, 11) is 0. The molecule has 0 bridgehead atoms. The van der Waals surface area contributed by atoms with Gasteiger partial charge in [0.05, 0.1) is 12.2 Å². The molecule has 7 nitrogen and oxygen atoms in total. The Hall–Kier alpha value is -3.09. The smallest absolute Gasteiger partial charge is 0.274 e. The largest absolute Gasteiger partial charge is 0.335 e. The van der Waals surface area contributed by atoms with Crippen LogP contribution >= 0.6 is 0 Å². The fourth-order valence-electron chi connectivity index (χ4n) is 3.54. The molecule has 3 aromatic heterocycles. The molecule has 4 rings (SSSR count). The lowest BCUT2D eigenvalue weighted by Crippen LogP contribution is -2.41. The minimum atomic E-state index is -0.0662. The van der Waals surface area contributed by atoms with E-state index >= 15 is 0 Å². The summed E-state index contributed by atoms with van der Waals surface area (Å²) in [6.07, 6.45) is 12.1. The van der Waals surface area contributed by atoms with Crippen molar-refractivity contribution in [2.75, 3.05) is 13.1 Å². The molecule has 7 heteroatoms. The molecule has 1 saturated heterocycles. The van der Waals surface area contributed by atoms with Crippen molar-refractivity contribution in [1.29, 1.82) is 0 Å². The van der Waals surface area contributed by atoms with Crippen molar-refractivity contribution in [3.05, 3.63) is 60.7 Å². The van der Waals surface area contributed by atoms with Crippen LogP contribution in [0.3, 0.4) is 0 Å². The van der Waals surface area contributed by atoms with Crippen molar-refractivity contribution in [3.8, 4) is 11.4 Å². The quantitative estimate of drug-likeness (QED) is 0.727. The van der Waals surface area contributed by atoms with E-state index in [-0.39, 0.29) is 11.9 Å². The first-order valence-electron chi connectivity index (χ1n) is 8.73. The Morgan fingerprint density at radius 3 is 2.77 bits per heavy atom. The second-order valence-electron chi connectivity index (χ2n) is 6.47. The third kappa shape index (κ3) is 3.08. The molecule has 0 aliphatic carbocycles. The average Bonchev–Trinajstić information content (AvgIpc) is 3.10. The number of carbonyl (C=O) groups is 1. The van der Waals surface area contributed by atoms with E-state index in [1.165, 1.54) is 6.20 Å². The number of piperidine rings is 1. The van der Waals surface area contributed by atoms with Crippen LogP contribution in [-0.4, -0.2) is 48.4 Å². The van der Waals surface area contributed by atoms with Crippen LogP contribution in [0.25, 0.3) is 11.4 Å². The Morgan fingerprint density at radius 1 is 1.12 bits per heavy atom. The highest BCUT2D eigenvalue weighted by Crippen LogP contribution is 2.29. The molecule has 1 aliphatic heterocycles. The second kappa shape index (κ2) is 7.03. The van der Waals surface area contributed by atoms with Crippen molar-refractivity contribution in [2.24, 2.45) is 0 Å². The number of hydrogen-bond acceptors (Lipinski definition) is 5. The van der Waals surface area contributed by atoms with Crippen LogP contribution in [0.5, 0.6) is 0 Å². The van der Waals surface area contributed by atoms with Gasteiger partial charge >= 0.3 is 0 Å². The molecule has 26 heavy (non-hydrogen) atoms. The molecule has 0 N–H and O–H groups in total. The zero-order valence-corrected chi connectivity index (χ0v) is 14.6. The Morgan fingerprint density at radius 2 is 2.00 bits per heavy atom. The van der Waals surface area contributed by atoms with Gasteiger partial charge < -0.3 is 9.47 Å². The highest BCUT2D eigenvalue weighted by Gasteiger charge is 2.28. The second-order valence-corrected chi connectivity index (χ2v) is 6.47. The molecule has 0 saturated carbocycles. The van der Waals surface area contributed by atoms with E-state index in [1.807, 2.05) is 29.4 Å². The predicted octanol–water partition coefficient (Wildman–Crippen LogP) is 2.52. The maximum absolute atomic E-state index is 12.7. The Bertz CT molecular complexity index is 893. The van der Waals surface area contributed by atoms with Gasteiger partial charge in [0.15, 0.2) is 0 Å². The number of amides is 1. The molecule has 3 aromatic rings. The van der Waals surface area contributed by atoms with Gasteiger partial charge in [-0.05, 0) is 31.9 Å². The van der Waals surface area contributed by atoms with E-state index in [0.29, 0.717) is 12.2 Å². The number of aryl methyl sites for hydroxylation is 1. The van der Waals surface area contributed by atoms with Crippen LogP contribution in [-0.2, 0) is 0 Å². The summed E-state index contributed by atoms with van der Waals surface area (Å²) >= 11 is 0. The molecule has 0 spiro atoms. The SMILES string of the molecule is Cc1cnc(-c2cccnc2)n1C1CCCN(C(=O)c2cnccn2)C1. The van der Waals surface area contributed by atoms with Crippen LogP contribution in [0.1, 0.15) is 35.1 Å². The Kier molecular flexibility index (Phi) is 4.43. The average molecular weight is 348 g/mol. The van der Waals surface area contributed by atoms with Crippen LogP contribution in [0, 0.1) is 6.92 Å². The molecular formula is C19H20N6O. The number of imidazole rings is 1. The molecule has 1 aliphatic rings. The minimum absolute atomic E-state index is 0.0662. The van der Waals surface area contributed by atoms with Gasteiger partial charge in [0.25, 0.3) is 5.91 Å². The van der Waals surface area contributed by atoms with E-state index < -0.39 is 0 Å². The predicted molar refractivity (Wildman–Crippen MR) is 96.4 cm³/mol. The van der Waals surface area contributed by atoms with Crippen molar-refractivity contribution < 1.29 is 4.79 Å². The lowest BCUT2D eigenvalue weighted by atomic mass is 10.0. The zero-order chi connectivity index (χ0) is 17.9. The summed E-state index contributed by atoms with van der Waals surface area (Å²) in [4.78, 5) is 31.6. The van der Waals surface area contributed by atoms with Gasteiger partial charge in [0.2, 0.25) is 0 Å². The van der Waals surface area contributed by atoms with Crippen LogP contribution in [0.15, 0.2) is 49.3 Å².